The van der Waals surface area contributed by atoms with Gasteiger partial charge in [0.25, 0.3) is 5.69 Å². The molecule has 0 spiro atoms. The zero-order valence-corrected chi connectivity index (χ0v) is 16.4. The summed E-state index contributed by atoms with van der Waals surface area (Å²) in [6, 6.07) is 4.61. The molecule has 10 heteroatoms. The van der Waals surface area contributed by atoms with Gasteiger partial charge in [-0.3, -0.25) is 10.1 Å². The maximum absolute atomic E-state index is 13.0. The summed E-state index contributed by atoms with van der Waals surface area (Å²) in [4.78, 5) is 22.6. The highest BCUT2D eigenvalue weighted by Gasteiger charge is 2.34. The van der Waals surface area contributed by atoms with E-state index in [-0.39, 0.29) is 13.1 Å². The predicted octanol–water partition coefficient (Wildman–Crippen LogP) is 2.77. The highest BCUT2D eigenvalue weighted by atomic mass is 32.2. The van der Waals surface area contributed by atoms with Crippen molar-refractivity contribution in [2.24, 2.45) is 0 Å². The normalized spacial score (nSPS) is 12.4. The number of carboxylic acid groups (broad SMARTS) is 1. The van der Waals surface area contributed by atoms with Gasteiger partial charge >= 0.3 is 6.09 Å². The van der Waals surface area contributed by atoms with Gasteiger partial charge in [0.05, 0.1) is 4.92 Å². The first kappa shape index (κ1) is 21.8. The van der Waals surface area contributed by atoms with Crippen molar-refractivity contribution in [2.45, 2.75) is 51.1 Å². The van der Waals surface area contributed by atoms with Crippen LogP contribution in [0.2, 0.25) is 0 Å². The highest BCUT2D eigenvalue weighted by Crippen LogP contribution is 2.27. The molecular formula is C16H25N3O6S. The van der Waals surface area contributed by atoms with Crippen LogP contribution < -0.4 is 0 Å². The summed E-state index contributed by atoms with van der Waals surface area (Å²) in [7, 11) is -4.17. The second-order valence-electron chi connectivity index (χ2n) is 7.04. The fourth-order valence-electron chi connectivity index (χ4n) is 2.52. The summed E-state index contributed by atoms with van der Waals surface area (Å²) in [5.74, 6) is 0. The number of benzene rings is 1. The number of hydrogen-bond donors (Lipinski definition) is 1. The summed E-state index contributed by atoms with van der Waals surface area (Å²) in [5, 5.41) is 20.6. The Morgan fingerprint density at radius 1 is 1.23 bits per heavy atom. The topological polar surface area (TPSA) is 121 Å². The SMILES string of the molecule is CC(C)N(CCN(C(=O)O)C(C)(C)C)S(=O)(=O)c1ccccc1[N+](=O)[O-]. The van der Waals surface area contributed by atoms with Crippen LogP contribution in [0.15, 0.2) is 29.2 Å². The Hall–Kier alpha value is -2.20. The Morgan fingerprint density at radius 3 is 2.19 bits per heavy atom. The van der Waals surface area contributed by atoms with Crippen molar-refractivity contribution in [3.63, 3.8) is 0 Å². The van der Waals surface area contributed by atoms with Gasteiger partial charge in [-0.25, -0.2) is 13.2 Å². The number of nitro benzene ring substituents is 1. The Balaban J connectivity index is 3.25. The first-order valence-electron chi connectivity index (χ1n) is 8.06. The second kappa shape index (κ2) is 8.00. The molecular weight excluding hydrogens is 362 g/mol. The van der Waals surface area contributed by atoms with Crippen LogP contribution in [0.3, 0.4) is 0 Å². The lowest BCUT2D eigenvalue weighted by Gasteiger charge is -2.35. The second-order valence-corrected chi connectivity index (χ2v) is 8.90. The lowest BCUT2D eigenvalue weighted by atomic mass is 10.1. The molecule has 0 aromatic heterocycles. The molecule has 1 amide bonds. The van der Waals surface area contributed by atoms with Crippen molar-refractivity contribution in [3.8, 4) is 0 Å². The number of para-hydroxylation sites is 1. The quantitative estimate of drug-likeness (QED) is 0.567. The van der Waals surface area contributed by atoms with Crippen LogP contribution in [0.4, 0.5) is 10.5 Å². The van der Waals surface area contributed by atoms with E-state index in [0.717, 1.165) is 15.3 Å². The fraction of sp³-hybridized carbons (Fsp3) is 0.562. The molecule has 1 N–H and O–H groups in total. The number of carbonyl (C=O) groups is 1. The van der Waals surface area contributed by atoms with Crippen molar-refractivity contribution >= 4 is 21.8 Å². The number of nitrogens with zero attached hydrogens (tertiary/aromatic N) is 3. The number of hydrogen-bond acceptors (Lipinski definition) is 5. The number of sulfonamides is 1. The van der Waals surface area contributed by atoms with Gasteiger partial charge in [0, 0.05) is 30.7 Å². The summed E-state index contributed by atoms with van der Waals surface area (Å²) < 4.78 is 27.1. The van der Waals surface area contributed by atoms with E-state index in [9.17, 15) is 28.4 Å². The minimum atomic E-state index is -4.17. The Kier molecular flexibility index (Phi) is 6.72. The van der Waals surface area contributed by atoms with Crippen LogP contribution in [0, 0.1) is 10.1 Å². The molecule has 26 heavy (non-hydrogen) atoms. The van der Waals surface area contributed by atoms with Crippen LogP contribution in [0.1, 0.15) is 34.6 Å². The van der Waals surface area contributed by atoms with E-state index in [1.165, 1.54) is 18.2 Å². The molecule has 1 rings (SSSR count). The molecule has 0 fully saturated rings. The van der Waals surface area contributed by atoms with Gasteiger partial charge in [-0.1, -0.05) is 12.1 Å². The molecule has 0 aliphatic carbocycles. The summed E-state index contributed by atoms with van der Waals surface area (Å²) in [6.07, 6.45) is -1.16. The molecule has 0 heterocycles. The zero-order chi connectivity index (χ0) is 20.3. The molecule has 146 valence electrons. The standard InChI is InChI=1S/C16H25N3O6S/c1-12(2)18(11-10-17(15(20)21)16(3,4)5)26(24,25)14-9-7-6-8-13(14)19(22)23/h6-9,12H,10-11H2,1-5H3,(H,20,21). The van der Waals surface area contributed by atoms with E-state index in [1.54, 1.807) is 34.6 Å². The van der Waals surface area contributed by atoms with Crippen molar-refractivity contribution in [2.75, 3.05) is 13.1 Å². The summed E-state index contributed by atoms with van der Waals surface area (Å²) in [5.41, 5.74) is -1.22. The van der Waals surface area contributed by atoms with E-state index < -0.39 is 43.2 Å². The van der Waals surface area contributed by atoms with E-state index in [0.29, 0.717) is 0 Å². The van der Waals surface area contributed by atoms with Gasteiger partial charge in [-0.05, 0) is 40.7 Å². The molecule has 0 bridgehead atoms. The van der Waals surface area contributed by atoms with Gasteiger partial charge < -0.3 is 10.0 Å². The predicted molar refractivity (Wildman–Crippen MR) is 96.6 cm³/mol. The molecule has 0 saturated carbocycles. The van der Waals surface area contributed by atoms with Crippen LogP contribution in [0.5, 0.6) is 0 Å². The molecule has 9 nitrogen and oxygen atoms in total. The minimum absolute atomic E-state index is 0.0587. The third-order valence-electron chi connectivity index (χ3n) is 3.81. The van der Waals surface area contributed by atoms with Crippen LogP contribution in [-0.2, 0) is 10.0 Å². The number of nitro groups is 1. The van der Waals surface area contributed by atoms with Gasteiger partial charge in [0.15, 0.2) is 4.90 Å². The average molecular weight is 387 g/mol. The zero-order valence-electron chi connectivity index (χ0n) is 15.5. The largest absolute Gasteiger partial charge is 0.465 e. The van der Waals surface area contributed by atoms with Crippen LogP contribution >= 0.6 is 0 Å². The van der Waals surface area contributed by atoms with Crippen molar-refractivity contribution < 1.29 is 23.2 Å². The molecule has 1 aromatic rings. The third kappa shape index (κ3) is 4.92. The van der Waals surface area contributed by atoms with Gasteiger partial charge in [0.1, 0.15) is 0 Å². The first-order chi connectivity index (χ1) is 11.8. The van der Waals surface area contributed by atoms with Gasteiger partial charge in [-0.15, -0.1) is 0 Å². The Bertz CT molecular complexity index is 770. The third-order valence-corrected chi connectivity index (χ3v) is 5.93. The molecule has 1 aromatic carbocycles. The smallest absolute Gasteiger partial charge is 0.407 e. The summed E-state index contributed by atoms with van der Waals surface area (Å²) >= 11 is 0. The minimum Gasteiger partial charge on any atom is -0.465 e. The molecule has 0 atom stereocenters. The maximum atomic E-state index is 13.0. The molecule has 0 unspecified atom stereocenters. The Morgan fingerprint density at radius 2 is 1.77 bits per heavy atom. The van der Waals surface area contributed by atoms with E-state index in [1.807, 2.05) is 0 Å². The number of rotatable bonds is 7. The lowest BCUT2D eigenvalue weighted by molar-refractivity contribution is -0.387. The molecule has 0 saturated heterocycles. The molecule has 0 radical (unpaired) electrons. The molecule has 0 aliphatic rings. The van der Waals surface area contributed by atoms with Gasteiger partial charge in [0.2, 0.25) is 10.0 Å². The summed E-state index contributed by atoms with van der Waals surface area (Å²) in [6.45, 7) is 8.21. The fourth-order valence-corrected chi connectivity index (χ4v) is 4.31. The van der Waals surface area contributed by atoms with Crippen LogP contribution in [0.25, 0.3) is 0 Å². The van der Waals surface area contributed by atoms with Crippen LogP contribution in [-0.4, -0.2) is 58.4 Å². The molecule has 0 aliphatic heterocycles. The Labute approximate surface area is 153 Å². The van der Waals surface area contributed by atoms with E-state index in [4.69, 9.17) is 0 Å². The lowest BCUT2D eigenvalue weighted by Crippen LogP contribution is -2.50. The van der Waals surface area contributed by atoms with E-state index in [2.05, 4.69) is 0 Å². The van der Waals surface area contributed by atoms with E-state index >= 15 is 0 Å². The van der Waals surface area contributed by atoms with Crippen molar-refractivity contribution in [1.82, 2.24) is 9.21 Å². The maximum Gasteiger partial charge on any atom is 0.407 e. The monoisotopic (exact) mass is 387 g/mol. The van der Waals surface area contributed by atoms with Gasteiger partial charge in [-0.2, -0.15) is 4.31 Å². The highest BCUT2D eigenvalue weighted by molar-refractivity contribution is 7.89. The van der Waals surface area contributed by atoms with Crippen molar-refractivity contribution in [3.05, 3.63) is 34.4 Å². The van der Waals surface area contributed by atoms with Crippen molar-refractivity contribution in [1.29, 1.82) is 0 Å². The number of amides is 1. The average Bonchev–Trinajstić information content (AvgIpc) is 2.49. The first-order valence-corrected chi connectivity index (χ1v) is 9.50.